The minimum atomic E-state index is -0.592. The van der Waals surface area contributed by atoms with E-state index in [1.165, 1.54) is 13.8 Å². The maximum Gasteiger partial charge on any atom is 0.308 e. The molecular weight excluding hydrogens is 456 g/mol. The van der Waals surface area contributed by atoms with E-state index in [0.29, 0.717) is 22.6 Å². The Balaban J connectivity index is 1.44. The van der Waals surface area contributed by atoms with E-state index in [1.54, 1.807) is 72.8 Å². The summed E-state index contributed by atoms with van der Waals surface area (Å²) in [5, 5.41) is 0. The van der Waals surface area contributed by atoms with E-state index < -0.39 is 11.6 Å². The van der Waals surface area contributed by atoms with Crippen LogP contribution in [0.15, 0.2) is 97.1 Å². The normalized spacial score (nSPS) is 10.4. The number of Topliss-reactive ketones (excluding diaryl/α,β-unsaturated/α-hetero) is 2. The molecule has 0 spiro atoms. The predicted octanol–water partition coefficient (Wildman–Crippen LogP) is 5.94. The summed E-state index contributed by atoms with van der Waals surface area (Å²) in [4.78, 5) is 47.7. The Kier molecular flexibility index (Phi) is 7.16. The van der Waals surface area contributed by atoms with Crippen molar-refractivity contribution in [3.8, 4) is 33.8 Å². The van der Waals surface area contributed by atoms with Crippen LogP contribution in [0.2, 0.25) is 0 Å². The largest absolute Gasteiger partial charge is 0.427 e. The molecule has 0 aliphatic heterocycles. The molecule has 4 aromatic carbocycles. The summed E-state index contributed by atoms with van der Waals surface area (Å²) in [6.07, 6.45) is 0. The number of carbonyl (C=O) groups excluding carboxylic acids is 4. The first-order valence-electron chi connectivity index (χ1n) is 11.2. The number of carbonyl (C=O) groups is 4. The van der Waals surface area contributed by atoms with Gasteiger partial charge in [0.2, 0.25) is 11.6 Å². The van der Waals surface area contributed by atoms with Crippen molar-refractivity contribution >= 4 is 23.5 Å². The minimum absolute atomic E-state index is 0.297. The molecule has 6 nitrogen and oxygen atoms in total. The SMILES string of the molecule is CC(=O)Oc1ccc(-c2ccc(C(=O)C(=O)c3ccc(-c4ccc(OC(C)=O)cc4)cc3)cc2)cc1. The van der Waals surface area contributed by atoms with Crippen LogP contribution in [-0.2, 0) is 9.59 Å². The number of hydrogen-bond donors (Lipinski definition) is 0. The highest BCUT2D eigenvalue weighted by Gasteiger charge is 2.18. The van der Waals surface area contributed by atoms with Gasteiger partial charge in [-0.15, -0.1) is 0 Å². The second kappa shape index (κ2) is 10.6. The zero-order valence-corrected chi connectivity index (χ0v) is 19.7. The molecule has 0 aliphatic rings. The van der Waals surface area contributed by atoms with Crippen LogP contribution in [0.4, 0.5) is 0 Å². The Labute approximate surface area is 208 Å². The summed E-state index contributed by atoms with van der Waals surface area (Å²) in [7, 11) is 0. The van der Waals surface area contributed by atoms with Crippen LogP contribution in [0.1, 0.15) is 34.6 Å². The first-order valence-corrected chi connectivity index (χ1v) is 11.2. The molecule has 4 rings (SSSR count). The minimum Gasteiger partial charge on any atom is -0.427 e. The average molecular weight is 479 g/mol. The molecular formula is C30H22O6. The van der Waals surface area contributed by atoms with Gasteiger partial charge in [-0.05, 0) is 46.5 Å². The van der Waals surface area contributed by atoms with E-state index >= 15 is 0 Å². The Morgan fingerprint density at radius 3 is 0.917 bits per heavy atom. The summed E-state index contributed by atoms with van der Waals surface area (Å²) >= 11 is 0. The van der Waals surface area contributed by atoms with Gasteiger partial charge < -0.3 is 9.47 Å². The van der Waals surface area contributed by atoms with Crippen molar-refractivity contribution in [2.75, 3.05) is 0 Å². The van der Waals surface area contributed by atoms with E-state index in [9.17, 15) is 19.2 Å². The third-order valence-corrected chi connectivity index (χ3v) is 5.40. The van der Waals surface area contributed by atoms with Crippen molar-refractivity contribution in [3.63, 3.8) is 0 Å². The van der Waals surface area contributed by atoms with Gasteiger partial charge in [-0.3, -0.25) is 19.2 Å². The Morgan fingerprint density at radius 1 is 0.417 bits per heavy atom. The van der Waals surface area contributed by atoms with Crippen molar-refractivity contribution in [2.45, 2.75) is 13.8 Å². The topological polar surface area (TPSA) is 86.7 Å². The first kappa shape index (κ1) is 24.3. The quantitative estimate of drug-likeness (QED) is 0.141. The number of benzene rings is 4. The van der Waals surface area contributed by atoms with E-state index in [1.807, 2.05) is 24.3 Å². The van der Waals surface area contributed by atoms with Gasteiger partial charge in [0, 0.05) is 25.0 Å². The zero-order valence-electron chi connectivity index (χ0n) is 19.7. The number of ether oxygens (including phenoxy) is 2. The lowest BCUT2D eigenvalue weighted by molar-refractivity contribution is -0.132. The zero-order chi connectivity index (χ0) is 25.7. The molecule has 6 heteroatoms. The Bertz CT molecular complexity index is 1300. The molecule has 0 bridgehead atoms. The molecule has 36 heavy (non-hydrogen) atoms. The van der Waals surface area contributed by atoms with Gasteiger partial charge in [0.25, 0.3) is 0 Å². The summed E-state index contributed by atoms with van der Waals surface area (Å²) in [5.74, 6) is -1.06. The smallest absolute Gasteiger partial charge is 0.308 e. The molecule has 0 aliphatic carbocycles. The molecule has 0 aromatic heterocycles. The monoisotopic (exact) mass is 478 g/mol. The van der Waals surface area contributed by atoms with Crippen LogP contribution in [0.25, 0.3) is 22.3 Å². The predicted molar refractivity (Wildman–Crippen MR) is 135 cm³/mol. The highest BCUT2D eigenvalue weighted by Crippen LogP contribution is 2.25. The van der Waals surface area contributed by atoms with Gasteiger partial charge in [0.15, 0.2) is 0 Å². The van der Waals surface area contributed by atoms with Gasteiger partial charge in [0.05, 0.1) is 0 Å². The van der Waals surface area contributed by atoms with Crippen LogP contribution in [0, 0.1) is 0 Å². The summed E-state index contributed by atoms with van der Waals surface area (Å²) in [6.45, 7) is 2.68. The van der Waals surface area contributed by atoms with E-state index in [4.69, 9.17) is 9.47 Å². The molecule has 0 heterocycles. The van der Waals surface area contributed by atoms with Gasteiger partial charge >= 0.3 is 11.9 Å². The van der Waals surface area contributed by atoms with Crippen molar-refractivity contribution in [1.82, 2.24) is 0 Å². The molecule has 0 saturated heterocycles. The van der Waals surface area contributed by atoms with Crippen molar-refractivity contribution in [1.29, 1.82) is 0 Å². The van der Waals surface area contributed by atoms with Crippen molar-refractivity contribution in [3.05, 3.63) is 108 Å². The summed E-state index contributed by atoms with van der Waals surface area (Å²) in [5.41, 5.74) is 4.08. The molecule has 0 fully saturated rings. The lowest BCUT2D eigenvalue weighted by Gasteiger charge is -2.07. The fraction of sp³-hybridized carbons (Fsp3) is 0.0667. The van der Waals surface area contributed by atoms with Crippen LogP contribution >= 0.6 is 0 Å². The molecule has 4 aromatic rings. The number of rotatable bonds is 7. The van der Waals surface area contributed by atoms with Gasteiger partial charge in [-0.25, -0.2) is 0 Å². The Morgan fingerprint density at radius 2 is 0.667 bits per heavy atom. The average Bonchev–Trinajstić information content (AvgIpc) is 2.88. The van der Waals surface area contributed by atoms with Crippen LogP contribution in [-0.4, -0.2) is 23.5 Å². The van der Waals surface area contributed by atoms with Gasteiger partial charge in [-0.1, -0.05) is 72.8 Å². The Hall–Kier alpha value is -4.84. The highest BCUT2D eigenvalue weighted by atomic mass is 16.5. The maximum atomic E-state index is 12.8. The number of esters is 2. The molecule has 0 saturated carbocycles. The number of hydrogen-bond acceptors (Lipinski definition) is 6. The molecule has 0 atom stereocenters. The van der Waals surface area contributed by atoms with Gasteiger partial charge in [0.1, 0.15) is 11.5 Å². The third kappa shape index (κ3) is 5.80. The molecule has 0 radical (unpaired) electrons. The van der Waals surface area contributed by atoms with Crippen LogP contribution < -0.4 is 9.47 Å². The number of ketones is 2. The lowest BCUT2D eigenvalue weighted by Crippen LogP contribution is -2.14. The van der Waals surface area contributed by atoms with E-state index in [-0.39, 0.29) is 11.9 Å². The molecule has 0 amide bonds. The fourth-order valence-electron chi connectivity index (χ4n) is 3.65. The van der Waals surface area contributed by atoms with Crippen LogP contribution in [0.3, 0.4) is 0 Å². The highest BCUT2D eigenvalue weighted by molar-refractivity contribution is 6.49. The fourth-order valence-corrected chi connectivity index (χ4v) is 3.65. The standard InChI is InChI=1S/C30H22O6/c1-19(31)35-27-15-11-23(12-16-27)21-3-7-25(8-4-21)29(33)30(34)26-9-5-22(6-10-26)24-13-17-28(18-14-24)36-20(2)32/h3-18H,1-2H3. The maximum absolute atomic E-state index is 12.8. The lowest BCUT2D eigenvalue weighted by atomic mass is 9.97. The first-order chi connectivity index (χ1) is 17.3. The van der Waals surface area contributed by atoms with Crippen LogP contribution in [0.5, 0.6) is 11.5 Å². The molecule has 178 valence electrons. The van der Waals surface area contributed by atoms with Gasteiger partial charge in [-0.2, -0.15) is 0 Å². The third-order valence-electron chi connectivity index (χ3n) is 5.40. The summed E-state index contributed by atoms with van der Waals surface area (Å²) in [6, 6.07) is 27.6. The second-order valence-electron chi connectivity index (χ2n) is 8.05. The summed E-state index contributed by atoms with van der Waals surface area (Å²) < 4.78 is 10.1. The molecule has 0 unspecified atom stereocenters. The van der Waals surface area contributed by atoms with Crippen molar-refractivity contribution < 1.29 is 28.7 Å². The van der Waals surface area contributed by atoms with Crippen molar-refractivity contribution in [2.24, 2.45) is 0 Å². The second-order valence-corrected chi connectivity index (χ2v) is 8.05. The molecule has 0 N–H and O–H groups in total. The van der Waals surface area contributed by atoms with E-state index in [0.717, 1.165) is 22.3 Å². The van der Waals surface area contributed by atoms with E-state index in [2.05, 4.69) is 0 Å².